The lowest BCUT2D eigenvalue weighted by molar-refractivity contribution is 0.134. The first-order chi connectivity index (χ1) is 8.83. The Labute approximate surface area is 117 Å². The molecule has 1 aliphatic rings. The van der Waals surface area contributed by atoms with Gasteiger partial charge in [-0.3, -0.25) is 4.68 Å². The molecule has 0 aromatic carbocycles. The second kappa shape index (κ2) is 5.40. The van der Waals surface area contributed by atoms with Crippen molar-refractivity contribution in [3.8, 4) is 0 Å². The van der Waals surface area contributed by atoms with Crippen molar-refractivity contribution in [1.82, 2.24) is 14.5 Å². The Morgan fingerprint density at radius 2 is 2.21 bits per heavy atom. The van der Waals surface area contributed by atoms with E-state index in [2.05, 4.69) is 9.82 Å². The van der Waals surface area contributed by atoms with Crippen LogP contribution in [-0.4, -0.2) is 36.0 Å². The molecular formula is C11H18ClN3O3S. The van der Waals surface area contributed by atoms with Crippen LogP contribution in [-0.2, 0) is 17.1 Å². The molecule has 2 N–H and O–H groups in total. The number of aryl methyl sites for hydroxylation is 2. The summed E-state index contributed by atoms with van der Waals surface area (Å²) in [7, 11) is -2.10. The quantitative estimate of drug-likeness (QED) is 0.862. The summed E-state index contributed by atoms with van der Waals surface area (Å²) in [5.41, 5.74) is 0.368. The number of sulfonamides is 1. The molecule has 19 heavy (non-hydrogen) atoms. The number of nitrogens with one attached hydrogen (secondary N) is 1. The highest BCUT2D eigenvalue weighted by Crippen LogP contribution is 2.27. The van der Waals surface area contributed by atoms with Crippen LogP contribution in [0.4, 0.5) is 0 Å². The van der Waals surface area contributed by atoms with E-state index in [1.54, 1.807) is 14.0 Å². The number of aliphatic hydroxyl groups is 1. The molecule has 108 valence electrons. The van der Waals surface area contributed by atoms with Gasteiger partial charge < -0.3 is 5.11 Å². The van der Waals surface area contributed by atoms with E-state index in [-0.39, 0.29) is 22.5 Å². The van der Waals surface area contributed by atoms with Crippen molar-refractivity contribution >= 4 is 21.6 Å². The number of rotatable bonds is 4. The van der Waals surface area contributed by atoms with Gasteiger partial charge in [-0.25, -0.2) is 13.1 Å². The molecule has 1 aliphatic carbocycles. The van der Waals surface area contributed by atoms with Crippen LogP contribution >= 0.6 is 11.6 Å². The van der Waals surface area contributed by atoms with Crippen LogP contribution < -0.4 is 4.72 Å². The Balaban J connectivity index is 2.14. The van der Waals surface area contributed by atoms with E-state index in [0.717, 1.165) is 19.3 Å². The Morgan fingerprint density at radius 1 is 1.53 bits per heavy atom. The molecule has 0 radical (unpaired) electrons. The molecule has 0 spiro atoms. The third-order valence-electron chi connectivity index (χ3n) is 3.52. The summed E-state index contributed by atoms with van der Waals surface area (Å²) >= 11 is 5.95. The largest absolute Gasteiger partial charge is 0.393 e. The van der Waals surface area contributed by atoms with E-state index in [4.69, 9.17) is 11.6 Å². The normalized spacial score (nSPS) is 24.0. The van der Waals surface area contributed by atoms with Crippen LogP contribution in [0, 0.1) is 12.8 Å². The van der Waals surface area contributed by atoms with Gasteiger partial charge in [0.15, 0.2) is 0 Å². The lowest BCUT2D eigenvalue weighted by Crippen LogP contribution is -2.32. The van der Waals surface area contributed by atoms with Crippen molar-refractivity contribution in [3.05, 3.63) is 10.8 Å². The second-order valence-corrected chi connectivity index (χ2v) is 7.00. The van der Waals surface area contributed by atoms with Gasteiger partial charge >= 0.3 is 0 Å². The van der Waals surface area contributed by atoms with Gasteiger partial charge in [-0.2, -0.15) is 5.10 Å². The fourth-order valence-corrected chi connectivity index (χ4v) is 4.30. The predicted octanol–water partition coefficient (Wildman–Crippen LogP) is 0.821. The zero-order chi connectivity index (χ0) is 14.2. The Hall–Kier alpha value is -0.630. The first kappa shape index (κ1) is 14.8. The number of aromatic nitrogens is 2. The lowest BCUT2D eigenvalue weighted by atomic mass is 10.1. The van der Waals surface area contributed by atoms with Gasteiger partial charge in [-0.15, -0.1) is 0 Å². The van der Waals surface area contributed by atoms with Gasteiger partial charge in [0.1, 0.15) is 10.0 Å². The minimum atomic E-state index is -3.69. The molecular weight excluding hydrogens is 290 g/mol. The molecule has 0 aliphatic heterocycles. The average Bonchev–Trinajstić information content (AvgIpc) is 2.82. The van der Waals surface area contributed by atoms with Crippen LogP contribution in [0.1, 0.15) is 25.0 Å². The molecule has 1 heterocycles. The van der Waals surface area contributed by atoms with Gasteiger partial charge in [0.05, 0.1) is 11.8 Å². The van der Waals surface area contributed by atoms with E-state index in [9.17, 15) is 13.5 Å². The molecule has 8 heteroatoms. The molecule has 2 atom stereocenters. The van der Waals surface area contributed by atoms with E-state index >= 15 is 0 Å². The summed E-state index contributed by atoms with van der Waals surface area (Å²) in [6.45, 7) is 1.83. The Bertz CT molecular complexity index is 570. The second-order valence-electron chi connectivity index (χ2n) is 4.94. The number of halogens is 1. The zero-order valence-corrected chi connectivity index (χ0v) is 12.5. The van der Waals surface area contributed by atoms with Gasteiger partial charge in [0, 0.05) is 13.6 Å². The molecule has 1 saturated carbocycles. The highest BCUT2D eigenvalue weighted by atomic mass is 35.5. The fourth-order valence-electron chi connectivity index (χ4n) is 2.46. The smallest absolute Gasteiger partial charge is 0.245 e. The summed E-state index contributed by atoms with van der Waals surface area (Å²) in [5.74, 6) is -0.0227. The Morgan fingerprint density at radius 3 is 2.68 bits per heavy atom. The first-order valence-electron chi connectivity index (χ1n) is 6.19. The van der Waals surface area contributed by atoms with Gasteiger partial charge in [0.25, 0.3) is 0 Å². The molecule has 1 aromatic heterocycles. The summed E-state index contributed by atoms with van der Waals surface area (Å²) in [6.07, 6.45) is 2.08. The van der Waals surface area contributed by atoms with Crippen molar-refractivity contribution < 1.29 is 13.5 Å². The number of hydrogen-bond acceptors (Lipinski definition) is 4. The number of hydrogen-bond donors (Lipinski definition) is 2. The highest BCUT2D eigenvalue weighted by molar-refractivity contribution is 7.89. The maximum absolute atomic E-state index is 12.2. The molecule has 1 aromatic rings. The van der Waals surface area contributed by atoms with E-state index in [0.29, 0.717) is 5.69 Å². The third kappa shape index (κ3) is 2.94. The zero-order valence-electron chi connectivity index (χ0n) is 10.9. The molecule has 1 fully saturated rings. The van der Waals surface area contributed by atoms with Crippen LogP contribution in [0.2, 0.25) is 5.15 Å². The maximum atomic E-state index is 12.2. The van der Waals surface area contributed by atoms with E-state index in [1.807, 2.05) is 0 Å². The average molecular weight is 308 g/mol. The van der Waals surface area contributed by atoms with Crippen molar-refractivity contribution in [2.24, 2.45) is 13.0 Å². The van der Waals surface area contributed by atoms with Gasteiger partial charge in [-0.05, 0) is 25.7 Å². The van der Waals surface area contributed by atoms with E-state index < -0.39 is 16.1 Å². The van der Waals surface area contributed by atoms with Crippen molar-refractivity contribution in [2.45, 2.75) is 37.2 Å². The standard InChI is InChI=1S/C11H18ClN3O3S/c1-7-10(11(12)15(2)14-7)19(17,18)13-6-8-4-3-5-9(8)16/h8-9,13,16H,3-6H2,1-2H3. The van der Waals surface area contributed by atoms with Crippen LogP contribution in [0.3, 0.4) is 0 Å². The molecule has 0 amide bonds. The first-order valence-corrected chi connectivity index (χ1v) is 8.06. The summed E-state index contributed by atoms with van der Waals surface area (Å²) in [4.78, 5) is 0.0177. The Kier molecular flexibility index (Phi) is 4.20. The fraction of sp³-hybridized carbons (Fsp3) is 0.727. The molecule has 0 bridgehead atoms. The predicted molar refractivity (Wildman–Crippen MR) is 71.5 cm³/mol. The monoisotopic (exact) mass is 307 g/mol. The summed E-state index contributed by atoms with van der Waals surface area (Å²) in [6, 6.07) is 0. The highest BCUT2D eigenvalue weighted by Gasteiger charge is 2.29. The topological polar surface area (TPSA) is 84.2 Å². The molecule has 2 rings (SSSR count). The van der Waals surface area contributed by atoms with E-state index in [1.165, 1.54) is 4.68 Å². The van der Waals surface area contributed by atoms with Crippen LogP contribution in [0.15, 0.2) is 4.90 Å². The molecule has 2 unspecified atom stereocenters. The lowest BCUT2D eigenvalue weighted by Gasteiger charge is -2.15. The number of aliphatic hydroxyl groups excluding tert-OH is 1. The minimum Gasteiger partial charge on any atom is -0.393 e. The van der Waals surface area contributed by atoms with Gasteiger partial charge in [0.2, 0.25) is 10.0 Å². The van der Waals surface area contributed by atoms with Crippen molar-refractivity contribution in [1.29, 1.82) is 0 Å². The van der Waals surface area contributed by atoms with Crippen LogP contribution in [0.25, 0.3) is 0 Å². The third-order valence-corrected chi connectivity index (χ3v) is 5.64. The van der Waals surface area contributed by atoms with Crippen molar-refractivity contribution in [3.63, 3.8) is 0 Å². The summed E-state index contributed by atoms with van der Waals surface area (Å²) < 4.78 is 28.3. The number of nitrogens with zero attached hydrogens (tertiary/aromatic N) is 2. The van der Waals surface area contributed by atoms with Crippen molar-refractivity contribution in [2.75, 3.05) is 6.54 Å². The summed E-state index contributed by atoms with van der Waals surface area (Å²) in [5, 5.41) is 13.8. The van der Waals surface area contributed by atoms with Gasteiger partial charge in [-0.1, -0.05) is 18.0 Å². The van der Waals surface area contributed by atoms with Crippen LogP contribution in [0.5, 0.6) is 0 Å². The maximum Gasteiger partial charge on any atom is 0.245 e. The molecule has 6 nitrogen and oxygen atoms in total. The SMILES string of the molecule is Cc1nn(C)c(Cl)c1S(=O)(=O)NCC1CCCC1O. The molecule has 0 saturated heterocycles. The minimum absolute atomic E-state index is 0.0177.